The fraction of sp³-hybridized carbons (Fsp3) is 0.294. The molecule has 0 fully saturated rings. The zero-order chi connectivity index (χ0) is 29.2. The molecule has 7 nitrogen and oxygen atoms in total. The molecule has 0 atom stereocenters. The maximum absolute atomic E-state index is 11.5. The van der Waals surface area contributed by atoms with E-state index in [0.717, 1.165) is 51.9 Å². The monoisotopic (exact) mass is 555 g/mol. The highest BCUT2D eigenvalue weighted by atomic mass is 16.5. The molecule has 3 aromatic carbocycles. The minimum Gasteiger partial charge on any atom is -0.494 e. The van der Waals surface area contributed by atoms with E-state index in [4.69, 9.17) is 14.6 Å². The standard InChI is InChI=1S/C34H37NO6/c1-24-10-11-25(2)31(21-24)41-20-4-3-19-40-29-16-13-26(14-17-29)12-15-27-7-5-8-30-34(27)28(22-33(38)39)23-35(30)18-6-9-32(36)37/h5,7-8,10-17,21,23H,3-4,6,9,18-20,22H2,1-2H3,(H,36,37)(H,38,39). The minimum atomic E-state index is -0.905. The summed E-state index contributed by atoms with van der Waals surface area (Å²) >= 11 is 0. The van der Waals surface area contributed by atoms with E-state index in [0.29, 0.717) is 31.7 Å². The summed E-state index contributed by atoms with van der Waals surface area (Å²) in [7, 11) is 0. The lowest BCUT2D eigenvalue weighted by Crippen LogP contribution is -2.03. The lowest BCUT2D eigenvalue weighted by atomic mass is 10.0. The van der Waals surface area contributed by atoms with Gasteiger partial charge < -0.3 is 24.3 Å². The van der Waals surface area contributed by atoms with E-state index >= 15 is 0 Å². The van der Waals surface area contributed by atoms with Crippen LogP contribution in [0.25, 0.3) is 23.1 Å². The Hall–Kier alpha value is -4.52. The Morgan fingerprint density at radius 3 is 2.34 bits per heavy atom. The number of aromatic nitrogens is 1. The molecule has 2 N–H and O–H groups in total. The predicted molar refractivity (Wildman–Crippen MR) is 162 cm³/mol. The molecule has 0 aliphatic rings. The van der Waals surface area contributed by atoms with Gasteiger partial charge in [-0.15, -0.1) is 0 Å². The number of hydrogen-bond acceptors (Lipinski definition) is 4. The van der Waals surface area contributed by atoms with Crippen LogP contribution < -0.4 is 9.47 Å². The summed E-state index contributed by atoms with van der Waals surface area (Å²) in [6.45, 7) is 5.90. The zero-order valence-corrected chi connectivity index (χ0v) is 23.6. The number of nitrogens with zero attached hydrogens (tertiary/aromatic N) is 1. The number of benzene rings is 3. The average molecular weight is 556 g/mol. The highest BCUT2D eigenvalue weighted by Gasteiger charge is 2.14. The van der Waals surface area contributed by atoms with Crippen LogP contribution in [-0.4, -0.2) is 39.9 Å². The summed E-state index contributed by atoms with van der Waals surface area (Å²) in [6.07, 6.45) is 8.06. The number of unbranched alkanes of at least 4 members (excludes halogenated alkanes) is 1. The van der Waals surface area contributed by atoms with Crippen molar-refractivity contribution in [1.29, 1.82) is 0 Å². The molecule has 1 heterocycles. The third kappa shape index (κ3) is 8.48. The molecular weight excluding hydrogens is 518 g/mol. The molecule has 41 heavy (non-hydrogen) atoms. The van der Waals surface area contributed by atoms with Crippen molar-refractivity contribution in [1.82, 2.24) is 4.57 Å². The number of fused-ring (bicyclic) bond motifs is 1. The normalized spacial score (nSPS) is 11.3. The molecule has 0 radical (unpaired) electrons. The van der Waals surface area contributed by atoms with Gasteiger partial charge in [0.2, 0.25) is 0 Å². The van der Waals surface area contributed by atoms with Crippen molar-refractivity contribution >= 4 is 35.0 Å². The van der Waals surface area contributed by atoms with Gasteiger partial charge in [0.25, 0.3) is 0 Å². The fourth-order valence-electron chi connectivity index (χ4n) is 4.79. The summed E-state index contributed by atoms with van der Waals surface area (Å²) in [5.41, 5.74) is 5.86. The molecule has 214 valence electrons. The Kier molecular flexibility index (Phi) is 10.2. The maximum Gasteiger partial charge on any atom is 0.307 e. The van der Waals surface area contributed by atoms with Crippen LogP contribution in [0.5, 0.6) is 11.5 Å². The summed E-state index contributed by atoms with van der Waals surface area (Å²) in [5.74, 6) is 0.00257. The third-order valence-electron chi connectivity index (χ3n) is 6.89. The molecule has 4 rings (SSSR count). The van der Waals surface area contributed by atoms with Crippen LogP contribution in [0.3, 0.4) is 0 Å². The zero-order valence-electron chi connectivity index (χ0n) is 23.6. The van der Waals surface area contributed by atoms with Crippen molar-refractivity contribution in [2.75, 3.05) is 13.2 Å². The van der Waals surface area contributed by atoms with Gasteiger partial charge in [0.1, 0.15) is 11.5 Å². The second kappa shape index (κ2) is 14.2. The number of aliphatic carboxylic acids is 2. The molecule has 7 heteroatoms. The minimum absolute atomic E-state index is 0.0649. The van der Waals surface area contributed by atoms with Gasteiger partial charge in [0, 0.05) is 30.1 Å². The highest BCUT2D eigenvalue weighted by Crippen LogP contribution is 2.28. The molecule has 0 aliphatic carbocycles. The first-order valence-corrected chi connectivity index (χ1v) is 14.0. The summed E-state index contributed by atoms with van der Waals surface area (Å²) < 4.78 is 13.8. The Bertz CT molecular complexity index is 1520. The van der Waals surface area contributed by atoms with Gasteiger partial charge >= 0.3 is 11.9 Å². The van der Waals surface area contributed by atoms with Gasteiger partial charge in [-0.2, -0.15) is 0 Å². The molecule has 0 saturated heterocycles. The van der Waals surface area contributed by atoms with Crippen molar-refractivity contribution in [3.63, 3.8) is 0 Å². The van der Waals surface area contributed by atoms with Crippen molar-refractivity contribution < 1.29 is 29.3 Å². The van der Waals surface area contributed by atoms with Crippen LogP contribution >= 0.6 is 0 Å². The first-order valence-electron chi connectivity index (χ1n) is 14.0. The average Bonchev–Trinajstić information content (AvgIpc) is 3.28. The van der Waals surface area contributed by atoms with Gasteiger partial charge in [0.15, 0.2) is 0 Å². The Morgan fingerprint density at radius 1 is 0.854 bits per heavy atom. The number of carbonyl (C=O) groups is 2. The van der Waals surface area contributed by atoms with Crippen LogP contribution in [-0.2, 0) is 22.6 Å². The van der Waals surface area contributed by atoms with E-state index in [1.54, 1.807) is 0 Å². The SMILES string of the molecule is Cc1ccc(C)c(OCCCCOc2ccc(C=Cc3cccc4c3c(CC(=O)O)cn4CCCC(=O)O)cc2)c1. The van der Waals surface area contributed by atoms with E-state index in [1.165, 1.54) is 5.56 Å². The first-order chi connectivity index (χ1) is 19.8. The second-order valence-corrected chi connectivity index (χ2v) is 10.2. The summed E-state index contributed by atoms with van der Waals surface area (Å²) in [5, 5.41) is 19.3. The number of aryl methyl sites for hydroxylation is 3. The van der Waals surface area contributed by atoms with Crippen LogP contribution in [0.4, 0.5) is 0 Å². The molecule has 0 bridgehead atoms. The number of ether oxygens (including phenoxy) is 2. The van der Waals surface area contributed by atoms with Crippen LogP contribution in [0.2, 0.25) is 0 Å². The largest absolute Gasteiger partial charge is 0.494 e. The molecule has 4 aromatic rings. The van der Waals surface area contributed by atoms with Gasteiger partial charge in [-0.3, -0.25) is 9.59 Å². The lowest BCUT2D eigenvalue weighted by Gasteiger charge is -2.10. The quantitative estimate of drug-likeness (QED) is 0.119. The molecule has 0 saturated carbocycles. The highest BCUT2D eigenvalue weighted by molar-refractivity contribution is 5.96. The molecule has 0 aliphatic heterocycles. The van der Waals surface area contributed by atoms with Gasteiger partial charge in [-0.1, -0.05) is 48.6 Å². The lowest BCUT2D eigenvalue weighted by molar-refractivity contribution is -0.137. The summed E-state index contributed by atoms with van der Waals surface area (Å²) in [6, 6.07) is 19.9. The van der Waals surface area contributed by atoms with Gasteiger partial charge in [0.05, 0.1) is 19.6 Å². The maximum atomic E-state index is 11.5. The third-order valence-corrected chi connectivity index (χ3v) is 6.89. The van der Waals surface area contributed by atoms with Crippen LogP contribution in [0.1, 0.15) is 53.5 Å². The molecule has 0 unspecified atom stereocenters. The molecule has 0 spiro atoms. The Balaban J connectivity index is 1.34. The fourth-order valence-corrected chi connectivity index (χ4v) is 4.79. The van der Waals surface area contributed by atoms with Crippen LogP contribution in [0, 0.1) is 13.8 Å². The number of rotatable bonds is 15. The first kappa shape index (κ1) is 29.5. The number of hydrogen-bond donors (Lipinski definition) is 2. The molecule has 1 aromatic heterocycles. The topological polar surface area (TPSA) is 98.0 Å². The van der Waals surface area contributed by atoms with E-state index in [2.05, 4.69) is 32.0 Å². The molecular formula is C34H37NO6. The second-order valence-electron chi connectivity index (χ2n) is 10.2. The van der Waals surface area contributed by atoms with E-state index in [9.17, 15) is 14.7 Å². The summed E-state index contributed by atoms with van der Waals surface area (Å²) in [4.78, 5) is 22.5. The van der Waals surface area contributed by atoms with Crippen molar-refractivity contribution in [3.05, 3.63) is 94.7 Å². The number of carboxylic acid groups (broad SMARTS) is 2. The van der Waals surface area contributed by atoms with Gasteiger partial charge in [-0.25, -0.2) is 0 Å². The van der Waals surface area contributed by atoms with Gasteiger partial charge in [-0.05, 0) is 85.2 Å². The van der Waals surface area contributed by atoms with Crippen LogP contribution in [0.15, 0.2) is 66.9 Å². The van der Waals surface area contributed by atoms with E-state index in [1.807, 2.05) is 65.4 Å². The predicted octanol–water partition coefficient (Wildman–Crippen LogP) is 7.16. The van der Waals surface area contributed by atoms with E-state index < -0.39 is 11.9 Å². The number of carboxylic acids is 2. The molecule has 0 amide bonds. The van der Waals surface area contributed by atoms with E-state index in [-0.39, 0.29) is 12.8 Å². The Labute approximate surface area is 240 Å². The van der Waals surface area contributed by atoms with Crippen molar-refractivity contribution in [2.24, 2.45) is 0 Å². The smallest absolute Gasteiger partial charge is 0.307 e. The van der Waals surface area contributed by atoms with Crippen molar-refractivity contribution in [2.45, 2.75) is 52.5 Å². The Morgan fingerprint density at radius 2 is 1.61 bits per heavy atom. The van der Waals surface area contributed by atoms with Crippen molar-refractivity contribution in [3.8, 4) is 11.5 Å².